The number of nitrogens with one attached hydrogen (secondary N) is 3. The van der Waals surface area contributed by atoms with Gasteiger partial charge in [-0.3, -0.25) is 19.6 Å². The summed E-state index contributed by atoms with van der Waals surface area (Å²) in [5.74, 6) is 0.0379. The number of carbonyl (C=O) groups excluding carboxylic acids is 1. The summed E-state index contributed by atoms with van der Waals surface area (Å²) in [6, 6.07) is 15.3. The van der Waals surface area contributed by atoms with E-state index < -0.39 is 15.9 Å². The molecule has 3 aromatic rings. The van der Waals surface area contributed by atoms with Crippen LogP contribution in [0.1, 0.15) is 23.3 Å². The van der Waals surface area contributed by atoms with Crippen LogP contribution in [0.4, 0.5) is 5.69 Å². The number of aromatic nitrogens is 2. The van der Waals surface area contributed by atoms with E-state index in [-0.39, 0.29) is 10.6 Å². The van der Waals surface area contributed by atoms with Gasteiger partial charge in [0.1, 0.15) is 11.5 Å². The molecule has 10 heteroatoms. The number of benzene rings is 2. The number of H-pyrrole nitrogens is 1. The number of nitrogens with zero attached hydrogens (tertiary/aromatic N) is 2. The van der Waals surface area contributed by atoms with Crippen molar-refractivity contribution in [1.29, 1.82) is 0 Å². The maximum absolute atomic E-state index is 12.6. The first-order chi connectivity index (χ1) is 14.4. The number of aromatic amines is 1. The van der Waals surface area contributed by atoms with Gasteiger partial charge in [0.05, 0.1) is 10.6 Å². The molecule has 0 saturated carbocycles. The molecule has 3 N–H and O–H groups in total. The van der Waals surface area contributed by atoms with Gasteiger partial charge in [-0.05, 0) is 42.8 Å². The van der Waals surface area contributed by atoms with Gasteiger partial charge >= 0.3 is 0 Å². The van der Waals surface area contributed by atoms with E-state index >= 15 is 0 Å². The number of hydrogen-bond donors (Lipinski definition) is 3. The van der Waals surface area contributed by atoms with Crippen LogP contribution in [0.25, 0.3) is 11.3 Å². The minimum Gasteiger partial charge on any atom is -0.321 e. The van der Waals surface area contributed by atoms with Crippen LogP contribution in [-0.2, 0) is 10.0 Å². The predicted octanol–water partition coefficient (Wildman–Crippen LogP) is 3.56. The fourth-order valence-corrected chi connectivity index (χ4v) is 4.38. The molecule has 1 amide bonds. The van der Waals surface area contributed by atoms with E-state index in [1.165, 1.54) is 12.1 Å². The average molecular weight is 488 g/mol. The van der Waals surface area contributed by atoms with Crippen LogP contribution in [0.5, 0.6) is 0 Å². The number of hydrogen-bond acceptors (Lipinski definition) is 5. The summed E-state index contributed by atoms with van der Waals surface area (Å²) in [4.78, 5) is 16.8. The summed E-state index contributed by atoms with van der Waals surface area (Å²) >= 11 is 3.38. The highest BCUT2D eigenvalue weighted by Crippen LogP contribution is 2.21. The molecule has 0 unspecified atom stereocenters. The largest absolute Gasteiger partial charge is 0.321 e. The third-order valence-corrected chi connectivity index (χ3v) is 6.40. The lowest BCUT2D eigenvalue weighted by Gasteiger charge is -2.09. The Hall–Kier alpha value is -2.98. The highest BCUT2D eigenvalue weighted by molar-refractivity contribution is 9.10. The van der Waals surface area contributed by atoms with Crippen LogP contribution in [0.3, 0.4) is 0 Å². The summed E-state index contributed by atoms with van der Waals surface area (Å²) in [7, 11) is -3.76. The summed E-state index contributed by atoms with van der Waals surface area (Å²) in [5, 5.41) is 9.58. The van der Waals surface area contributed by atoms with Crippen LogP contribution in [0, 0.1) is 0 Å². The van der Waals surface area contributed by atoms with Crippen molar-refractivity contribution in [3.05, 3.63) is 64.8 Å². The van der Waals surface area contributed by atoms with E-state index in [1.807, 2.05) is 24.3 Å². The molecule has 0 atom stereocenters. The topological polar surface area (TPSA) is 116 Å². The van der Waals surface area contributed by atoms with Crippen molar-refractivity contribution in [3.8, 4) is 11.3 Å². The Kier molecular flexibility index (Phi) is 5.69. The monoisotopic (exact) mass is 487 g/mol. The van der Waals surface area contributed by atoms with Crippen LogP contribution in [0.15, 0.2) is 69.0 Å². The molecule has 0 aliphatic carbocycles. The molecule has 8 nitrogen and oxygen atoms in total. The Morgan fingerprint density at radius 3 is 2.63 bits per heavy atom. The normalized spacial score (nSPS) is 13.7. The molecule has 1 aromatic heterocycles. The zero-order valence-corrected chi connectivity index (χ0v) is 18.1. The quantitative estimate of drug-likeness (QED) is 0.509. The lowest BCUT2D eigenvalue weighted by atomic mass is 10.1. The maximum atomic E-state index is 12.6. The SMILES string of the molecule is O=C(Nc1cccc(S(=O)(=O)NC2=NCCC2)c1)c1cc(-c2ccc(Br)cc2)n[nH]1. The first-order valence-electron chi connectivity index (χ1n) is 9.20. The molecule has 0 fully saturated rings. The van der Waals surface area contributed by atoms with Gasteiger partial charge in [0.2, 0.25) is 0 Å². The Bertz CT molecular complexity index is 1220. The van der Waals surface area contributed by atoms with Crippen LogP contribution in [-0.4, -0.2) is 36.9 Å². The van der Waals surface area contributed by atoms with Gasteiger partial charge in [-0.15, -0.1) is 0 Å². The molecule has 0 radical (unpaired) electrons. The molecule has 2 aromatic carbocycles. The van der Waals surface area contributed by atoms with Gasteiger partial charge in [-0.2, -0.15) is 5.10 Å². The summed E-state index contributed by atoms with van der Waals surface area (Å²) in [5.41, 5.74) is 2.11. The number of amidine groups is 1. The molecule has 30 heavy (non-hydrogen) atoms. The third-order valence-electron chi connectivity index (χ3n) is 4.49. The molecule has 0 spiro atoms. The first kappa shape index (κ1) is 20.3. The van der Waals surface area contributed by atoms with Crippen molar-refractivity contribution in [1.82, 2.24) is 14.9 Å². The van der Waals surface area contributed by atoms with Crippen LogP contribution in [0.2, 0.25) is 0 Å². The van der Waals surface area contributed by atoms with Crippen molar-refractivity contribution in [2.75, 3.05) is 11.9 Å². The molecular formula is C20H18BrN5O3S. The number of anilines is 1. The van der Waals surface area contributed by atoms with Gasteiger partial charge in [-0.25, -0.2) is 8.42 Å². The van der Waals surface area contributed by atoms with Crippen LogP contribution >= 0.6 is 15.9 Å². The van der Waals surface area contributed by atoms with E-state index in [0.29, 0.717) is 30.2 Å². The molecule has 2 heterocycles. The average Bonchev–Trinajstić information content (AvgIpc) is 3.41. The Morgan fingerprint density at radius 2 is 1.90 bits per heavy atom. The molecule has 1 aliphatic rings. The maximum Gasteiger partial charge on any atom is 0.273 e. The molecule has 4 rings (SSSR count). The van der Waals surface area contributed by atoms with Crippen molar-refractivity contribution < 1.29 is 13.2 Å². The number of carbonyl (C=O) groups is 1. The third kappa shape index (κ3) is 4.60. The fraction of sp³-hybridized carbons (Fsp3) is 0.150. The molecule has 1 aliphatic heterocycles. The summed E-state index contributed by atoms with van der Waals surface area (Å²) in [6.45, 7) is 0.625. The van der Waals surface area contributed by atoms with Gasteiger partial charge in [0.25, 0.3) is 15.9 Å². The summed E-state index contributed by atoms with van der Waals surface area (Å²) in [6.07, 6.45) is 1.44. The second kappa shape index (κ2) is 8.41. The smallest absolute Gasteiger partial charge is 0.273 e. The van der Waals surface area contributed by atoms with Gasteiger partial charge in [0, 0.05) is 28.7 Å². The van der Waals surface area contributed by atoms with Crippen molar-refractivity contribution >= 4 is 43.4 Å². The fourth-order valence-electron chi connectivity index (χ4n) is 2.98. The minimum atomic E-state index is -3.76. The molecule has 0 saturated heterocycles. The Balaban J connectivity index is 1.49. The van der Waals surface area contributed by atoms with Crippen LogP contribution < -0.4 is 10.0 Å². The number of aliphatic imine (C=N–C) groups is 1. The number of sulfonamides is 1. The van der Waals surface area contributed by atoms with E-state index in [4.69, 9.17) is 0 Å². The van der Waals surface area contributed by atoms with E-state index in [2.05, 4.69) is 41.2 Å². The second-order valence-electron chi connectivity index (χ2n) is 6.69. The Labute approximate surface area is 182 Å². The zero-order chi connectivity index (χ0) is 21.1. The zero-order valence-electron chi connectivity index (χ0n) is 15.7. The first-order valence-corrected chi connectivity index (χ1v) is 11.5. The van der Waals surface area contributed by atoms with Gasteiger partial charge in [-0.1, -0.05) is 34.1 Å². The van der Waals surface area contributed by atoms with Crippen molar-refractivity contribution in [3.63, 3.8) is 0 Å². The highest BCUT2D eigenvalue weighted by atomic mass is 79.9. The summed E-state index contributed by atoms with van der Waals surface area (Å²) < 4.78 is 28.6. The Morgan fingerprint density at radius 1 is 1.10 bits per heavy atom. The predicted molar refractivity (Wildman–Crippen MR) is 118 cm³/mol. The lowest BCUT2D eigenvalue weighted by molar-refractivity contribution is 0.102. The lowest BCUT2D eigenvalue weighted by Crippen LogP contribution is -2.29. The number of rotatable bonds is 5. The molecular weight excluding hydrogens is 470 g/mol. The van der Waals surface area contributed by atoms with E-state index in [0.717, 1.165) is 16.5 Å². The molecule has 154 valence electrons. The highest BCUT2D eigenvalue weighted by Gasteiger charge is 2.19. The van der Waals surface area contributed by atoms with Gasteiger partial charge in [0.15, 0.2) is 0 Å². The minimum absolute atomic E-state index is 0.0510. The molecule has 0 bridgehead atoms. The second-order valence-corrected chi connectivity index (χ2v) is 9.29. The number of amides is 1. The standard InChI is InChI=1S/C20H18BrN5O3S/c21-14-8-6-13(7-9-14)17-12-18(25-24-17)20(27)23-15-3-1-4-16(11-15)30(28,29)26-19-5-2-10-22-19/h1,3-4,6-9,11-12H,2,5,10H2,(H,22,26)(H,23,27)(H,24,25). The van der Waals surface area contributed by atoms with E-state index in [9.17, 15) is 13.2 Å². The van der Waals surface area contributed by atoms with Crippen molar-refractivity contribution in [2.45, 2.75) is 17.7 Å². The van der Waals surface area contributed by atoms with E-state index in [1.54, 1.807) is 18.2 Å². The number of halogens is 1. The van der Waals surface area contributed by atoms with Crippen molar-refractivity contribution in [2.24, 2.45) is 4.99 Å². The van der Waals surface area contributed by atoms with Gasteiger partial charge < -0.3 is 5.32 Å².